The van der Waals surface area contributed by atoms with Crippen molar-refractivity contribution in [2.75, 3.05) is 13.7 Å². The number of rotatable bonds is 16. The molecule has 0 bridgehead atoms. The Morgan fingerprint density at radius 2 is 1.10 bits per heavy atom. The van der Waals surface area contributed by atoms with E-state index in [0.29, 0.717) is 17.0 Å². The molecule has 0 aliphatic carbocycles. The Morgan fingerprint density at radius 3 is 1.51 bits per heavy atom. The van der Waals surface area contributed by atoms with Gasteiger partial charge in [-0.1, -0.05) is 109 Å². The Balaban J connectivity index is 0.000000266. The van der Waals surface area contributed by atoms with Gasteiger partial charge in [0.05, 0.1) is 12.7 Å². The number of esters is 1. The van der Waals surface area contributed by atoms with Crippen molar-refractivity contribution in [3.8, 4) is 11.5 Å². The fourth-order valence-corrected chi connectivity index (χ4v) is 13.6. The number of aliphatic hydroxyl groups excluding tert-OH is 4. The first-order chi connectivity index (χ1) is 35.8. The lowest BCUT2D eigenvalue weighted by Gasteiger charge is -2.47. The summed E-state index contributed by atoms with van der Waals surface area (Å²) in [5.74, 6) is -0.0629. The highest BCUT2D eigenvalue weighted by Gasteiger charge is 2.55. The van der Waals surface area contributed by atoms with Gasteiger partial charge in [-0.05, 0) is 194 Å². The summed E-state index contributed by atoms with van der Waals surface area (Å²) in [5.41, 5.74) is 4.59. The molecule has 0 amide bonds. The molecule has 0 saturated carbocycles. The summed E-state index contributed by atoms with van der Waals surface area (Å²) in [5, 5.41) is 42.6. The van der Waals surface area contributed by atoms with Gasteiger partial charge in [-0.2, -0.15) is 0 Å². The molecule has 2 saturated heterocycles. The number of halogens is 3. The number of benzene rings is 4. The molecule has 6 rings (SSSR count). The van der Waals surface area contributed by atoms with Crippen LogP contribution in [0.15, 0.2) is 84.9 Å². The van der Waals surface area contributed by atoms with Gasteiger partial charge in [-0.3, -0.25) is 0 Å². The minimum Gasteiger partial charge on any atom is -0.544 e. The summed E-state index contributed by atoms with van der Waals surface area (Å²) in [6.07, 6.45) is -4.42. The van der Waals surface area contributed by atoms with E-state index >= 15 is 0 Å². The second kappa shape index (κ2) is 27.5. The summed E-state index contributed by atoms with van der Waals surface area (Å²) in [7, 11) is -5.96. The molecule has 12 nitrogen and oxygen atoms in total. The van der Waals surface area contributed by atoms with Gasteiger partial charge < -0.3 is 52.3 Å². The van der Waals surface area contributed by atoms with Crippen molar-refractivity contribution in [2.45, 2.75) is 199 Å². The normalized spacial score (nSPS) is 24.3. The maximum atomic E-state index is 12.3. The van der Waals surface area contributed by atoms with Crippen molar-refractivity contribution in [2.24, 2.45) is 5.92 Å². The second-order valence-electron chi connectivity index (χ2n) is 25.6. The summed E-state index contributed by atoms with van der Waals surface area (Å²) in [4.78, 5) is 12.3. The molecule has 0 spiro atoms. The summed E-state index contributed by atoms with van der Waals surface area (Å²) >= 11 is 15.1. The number of methoxy groups -OCH3 is 1. The SMILES string of the molecule is CC(C)(C)[Si](C)(C)Oc1ccc(Cc2cc(I)ccc2Cl)cc1.CC[C@H]1OC(=O)[C@H](O[Si](C)(C)C)[C@@H](O[Si](C)(C)C)[C@@H]1C.COC1(c2ccc(Cl)c(Cc3ccc(O[Si](C)(C)C(C)(C)C)cc3)c2)O[C@H](CO)[C@@H](O)[C@H](O)[C@H]1O. The van der Waals surface area contributed by atoms with Crippen LogP contribution in [0.4, 0.5) is 0 Å². The first kappa shape index (κ1) is 68.3. The third-order valence-electron chi connectivity index (χ3n) is 15.0. The van der Waals surface area contributed by atoms with Crippen LogP contribution in [0.5, 0.6) is 11.5 Å². The monoisotopic (exact) mass is 1300 g/mol. The van der Waals surface area contributed by atoms with Crippen LogP contribution < -0.4 is 8.85 Å². The Labute approximate surface area is 494 Å². The van der Waals surface area contributed by atoms with E-state index in [1.54, 1.807) is 18.2 Å². The van der Waals surface area contributed by atoms with E-state index < -0.39 is 76.2 Å². The first-order valence-electron chi connectivity index (χ1n) is 27.0. The molecule has 0 radical (unpaired) electrons. The molecular weight excluding hydrogens is 1210 g/mol. The Kier molecular flexibility index (Phi) is 24.1. The van der Waals surface area contributed by atoms with Gasteiger partial charge in [0.2, 0.25) is 22.4 Å². The predicted molar refractivity (Wildman–Crippen MR) is 334 cm³/mol. The van der Waals surface area contributed by atoms with Crippen molar-refractivity contribution in [1.29, 1.82) is 0 Å². The van der Waals surface area contributed by atoms with Crippen LogP contribution in [-0.2, 0) is 46.5 Å². The molecule has 436 valence electrons. The molecular formula is C59H91Cl2IO12Si4. The third-order valence-corrected chi connectivity index (χ3v) is 27.0. The zero-order valence-corrected chi connectivity index (χ0v) is 57.4. The molecule has 4 aromatic rings. The topological polar surface area (TPSA) is 163 Å². The van der Waals surface area contributed by atoms with E-state index in [-0.39, 0.29) is 34.2 Å². The highest BCUT2D eigenvalue weighted by molar-refractivity contribution is 14.1. The Bertz CT molecular complexity index is 2560. The molecule has 2 fully saturated rings. The van der Waals surface area contributed by atoms with Crippen LogP contribution in [0.2, 0.25) is 85.6 Å². The van der Waals surface area contributed by atoms with Crippen LogP contribution in [0, 0.1) is 9.49 Å². The van der Waals surface area contributed by atoms with Crippen molar-refractivity contribution < 1.29 is 57.1 Å². The van der Waals surface area contributed by atoms with E-state index in [4.69, 9.17) is 55.1 Å². The minimum absolute atomic E-state index is 0.0645. The molecule has 4 N–H and O–H groups in total. The molecule has 19 heteroatoms. The smallest absolute Gasteiger partial charge is 0.337 e. The molecule has 4 aromatic carbocycles. The Morgan fingerprint density at radius 1 is 0.654 bits per heavy atom. The number of cyclic esters (lactones) is 1. The van der Waals surface area contributed by atoms with Gasteiger partial charge in [0.15, 0.2) is 22.7 Å². The summed E-state index contributed by atoms with van der Waals surface area (Å²) in [6.45, 7) is 38.6. The molecule has 2 heterocycles. The lowest BCUT2D eigenvalue weighted by atomic mass is 9.87. The largest absolute Gasteiger partial charge is 0.544 e. The third kappa shape index (κ3) is 18.4. The van der Waals surface area contributed by atoms with Gasteiger partial charge in [0.25, 0.3) is 0 Å². The van der Waals surface area contributed by atoms with Gasteiger partial charge >= 0.3 is 5.97 Å². The van der Waals surface area contributed by atoms with Crippen molar-refractivity contribution in [3.63, 3.8) is 0 Å². The van der Waals surface area contributed by atoms with Crippen LogP contribution in [-0.4, -0.2) is 116 Å². The molecule has 78 heavy (non-hydrogen) atoms. The quantitative estimate of drug-likeness (QED) is 0.0478. The maximum absolute atomic E-state index is 12.3. The molecule has 0 aromatic heterocycles. The van der Waals surface area contributed by atoms with Crippen molar-refractivity contribution in [3.05, 3.63) is 126 Å². The van der Waals surface area contributed by atoms with E-state index in [1.807, 2.05) is 43.3 Å². The van der Waals surface area contributed by atoms with Crippen LogP contribution in [0.1, 0.15) is 89.6 Å². The highest BCUT2D eigenvalue weighted by Crippen LogP contribution is 2.42. The fraction of sp³-hybridized carbons (Fsp3) is 0.576. The van der Waals surface area contributed by atoms with Crippen molar-refractivity contribution in [1.82, 2.24) is 0 Å². The van der Waals surface area contributed by atoms with Gasteiger partial charge in [-0.25, -0.2) is 4.79 Å². The number of carbonyl (C=O) groups is 1. The molecule has 2 aliphatic rings. The van der Waals surface area contributed by atoms with Crippen LogP contribution in [0.25, 0.3) is 0 Å². The van der Waals surface area contributed by atoms with Crippen LogP contribution in [0.3, 0.4) is 0 Å². The predicted octanol–water partition coefficient (Wildman–Crippen LogP) is 13.9. The number of ether oxygens (including phenoxy) is 3. The van der Waals surface area contributed by atoms with E-state index in [9.17, 15) is 25.2 Å². The highest BCUT2D eigenvalue weighted by atomic mass is 127. The molecule has 2 aliphatic heterocycles. The summed E-state index contributed by atoms with van der Waals surface area (Å²) in [6, 6.07) is 27.5. The Hall–Kier alpha value is -2.19. The first-order valence-corrected chi connectivity index (χ1v) is 41.5. The number of carbonyl (C=O) groups excluding carboxylic acids is 1. The molecule has 9 atom stereocenters. The molecule has 1 unspecified atom stereocenters. The lowest BCUT2D eigenvalue weighted by molar-refractivity contribution is -0.366. The van der Waals surface area contributed by atoms with E-state index in [1.165, 1.54) is 16.2 Å². The second-order valence-corrected chi connectivity index (χ2v) is 46.1. The average molecular weight is 1300 g/mol. The lowest BCUT2D eigenvalue weighted by Crippen LogP contribution is -2.64. The van der Waals surface area contributed by atoms with Crippen LogP contribution >= 0.6 is 45.8 Å². The fourth-order valence-electron chi connectivity index (χ4n) is 8.43. The number of aliphatic hydroxyl groups is 4. The average Bonchev–Trinajstić information content (AvgIpc) is 3.33. The van der Waals surface area contributed by atoms with E-state index in [2.05, 4.69) is 167 Å². The number of hydrogen-bond acceptors (Lipinski definition) is 12. The number of hydrogen-bond donors (Lipinski definition) is 4. The minimum atomic E-state index is -1.94. The van der Waals surface area contributed by atoms with Gasteiger partial charge in [0, 0.05) is 32.2 Å². The standard InChI is InChI=1S/C26H37ClO7Si.C19H24ClIOSi.C14H30O4Si2/c1-25(2,3)35(5,6)34-19-10-7-16(8-11-19)13-17-14-18(9-12-20(17)27)26(32-4)24(31)23(30)22(29)21(15-28)33-26;1-19(2,3)23(4,5)22-17-9-6-14(7-10-17)12-15-13-16(21)8-11-18(15)20;1-9-11-10(2)12(17-19(3,4)5)13(14(15)16-11)18-20(6,7)8/h7-12,14,21-24,28-31H,13,15H2,1-6H3;6-11,13H,12H2,1-5H3;10-13H,9H2,1-8H3/t21-,22-,23+,24-,26?;;10-,11-,12+,13-/m1.1/s1. The zero-order valence-electron chi connectivity index (χ0n) is 49.7. The van der Waals surface area contributed by atoms with Crippen molar-refractivity contribution >= 4 is 85.0 Å². The summed E-state index contributed by atoms with van der Waals surface area (Å²) < 4.78 is 43.2. The maximum Gasteiger partial charge on any atom is 0.337 e. The van der Waals surface area contributed by atoms with Gasteiger partial charge in [0.1, 0.15) is 42.0 Å². The van der Waals surface area contributed by atoms with E-state index in [0.717, 1.165) is 46.1 Å². The zero-order chi connectivity index (χ0) is 59.1. The van der Waals surface area contributed by atoms with Gasteiger partial charge in [-0.15, -0.1) is 0 Å².